The molecule has 1 aliphatic carbocycles. The molecule has 0 saturated heterocycles. The van der Waals surface area contributed by atoms with E-state index in [0.29, 0.717) is 23.9 Å². The summed E-state index contributed by atoms with van der Waals surface area (Å²) < 4.78 is 5.63. The molecular formula is C23H25N7O2. The first kappa shape index (κ1) is 20.2. The van der Waals surface area contributed by atoms with Crippen LogP contribution in [0.25, 0.3) is 33.1 Å². The first-order valence-electron chi connectivity index (χ1n) is 10.7. The zero-order valence-electron chi connectivity index (χ0n) is 18.3. The van der Waals surface area contributed by atoms with E-state index in [-0.39, 0.29) is 17.5 Å². The van der Waals surface area contributed by atoms with Crippen molar-refractivity contribution in [1.29, 1.82) is 0 Å². The monoisotopic (exact) mass is 431 g/mol. The lowest BCUT2D eigenvalue weighted by Crippen LogP contribution is -2.59. The highest BCUT2D eigenvalue weighted by Gasteiger charge is 2.41. The molecule has 3 aromatic heterocycles. The van der Waals surface area contributed by atoms with E-state index in [4.69, 9.17) is 4.74 Å². The highest BCUT2D eigenvalue weighted by molar-refractivity contribution is 5.99. The van der Waals surface area contributed by atoms with Gasteiger partial charge in [-0.1, -0.05) is 13.0 Å². The van der Waals surface area contributed by atoms with Gasteiger partial charge in [-0.3, -0.25) is 4.79 Å². The smallest absolute Gasteiger partial charge is 0.228 e. The molecule has 0 aliphatic heterocycles. The maximum atomic E-state index is 11.7. The van der Waals surface area contributed by atoms with E-state index in [2.05, 4.69) is 48.8 Å². The summed E-state index contributed by atoms with van der Waals surface area (Å²) in [5.74, 6) is 1.08. The number of aromatic nitrogens is 5. The first-order chi connectivity index (χ1) is 15.5. The summed E-state index contributed by atoms with van der Waals surface area (Å²) in [6.07, 6.45) is 5.73. The fraction of sp³-hybridized carbons (Fsp3) is 0.348. The molecule has 3 heterocycles. The summed E-state index contributed by atoms with van der Waals surface area (Å²) in [6.45, 7) is 3.93. The van der Waals surface area contributed by atoms with Crippen molar-refractivity contribution in [2.45, 2.75) is 44.7 Å². The molecule has 164 valence electrons. The summed E-state index contributed by atoms with van der Waals surface area (Å²) in [7, 11) is 1.61. The Kier molecular flexibility index (Phi) is 4.88. The summed E-state index contributed by atoms with van der Waals surface area (Å²) in [4.78, 5) is 24.3. The third kappa shape index (κ3) is 3.59. The van der Waals surface area contributed by atoms with E-state index >= 15 is 0 Å². The van der Waals surface area contributed by atoms with Crippen LogP contribution in [-0.2, 0) is 4.79 Å². The average Bonchev–Trinajstić information content (AvgIpc) is 3.21. The second kappa shape index (κ2) is 7.74. The molecule has 4 aromatic rings. The number of fused-ring (bicyclic) bond motifs is 2. The van der Waals surface area contributed by atoms with Crippen molar-refractivity contribution in [2.24, 2.45) is 0 Å². The van der Waals surface area contributed by atoms with Crippen molar-refractivity contribution < 1.29 is 9.53 Å². The Hall–Kier alpha value is -3.75. The Morgan fingerprint density at radius 2 is 2.12 bits per heavy atom. The normalized spacial score (nSPS) is 20.2. The van der Waals surface area contributed by atoms with Crippen LogP contribution in [0.5, 0.6) is 5.88 Å². The van der Waals surface area contributed by atoms with Gasteiger partial charge in [0.15, 0.2) is 0 Å². The van der Waals surface area contributed by atoms with Gasteiger partial charge in [-0.2, -0.15) is 20.2 Å². The summed E-state index contributed by atoms with van der Waals surface area (Å²) in [5, 5.41) is 16.4. The third-order valence-corrected chi connectivity index (χ3v) is 6.01. The highest BCUT2D eigenvalue weighted by Crippen LogP contribution is 2.37. The molecular weight excluding hydrogens is 406 g/mol. The number of carbonyl (C=O) groups excluding carboxylic acids is 1. The van der Waals surface area contributed by atoms with Crippen LogP contribution in [0.1, 0.15) is 33.1 Å². The number of benzene rings is 1. The van der Waals surface area contributed by atoms with Gasteiger partial charge in [0.25, 0.3) is 0 Å². The summed E-state index contributed by atoms with van der Waals surface area (Å²) in [6, 6.07) is 8.15. The van der Waals surface area contributed by atoms with Gasteiger partial charge in [0.1, 0.15) is 5.65 Å². The molecule has 3 N–H and O–H groups in total. The molecule has 1 amide bonds. The Balaban J connectivity index is 1.41. The number of nitrogens with zero attached hydrogens (tertiary/aromatic N) is 4. The van der Waals surface area contributed by atoms with Gasteiger partial charge in [-0.15, -0.1) is 0 Å². The number of ether oxygens (including phenoxy) is 1. The van der Waals surface area contributed by atoms with E-state index in [1.165, 1.54) is 0 Å². The van der Waals surface area contributed by atoms with E-state index in [1.54, 1.807) is 13.3 Å². The largest absolute Gasteiger partial charge is 0.480 e. The van der Waals surface area contributed by atoms with E-state index < -0.39 is 0 Å². The molecule has 1 aromatic carbocycles. The number of amides is 1. The van der Waals surface area contributed by atoms with Gasteiger partial charge in [0.05, 0.1) is 24.2 Å². The van der Waals surface area contributed by atoms with Crippen molar-refractivity contribution in [3.63, 3.8) is 0 Å². The highest BCUT2D eigenvalue weighted by atomic mass is 16.5. The van der Waals surface area contributed by atoms with E-state index in [9.17, 15) is 4.79 Å². The minimum Gasteiger partial charge on any atom is -0.480 e. The minimum atomic E-state index is -0.182. The van der Waals surface area contributed by atoms with E-state index in [0.717, 1.165) is 40.3 Å². The zero-order valence-corrected chi connectivity index (χ0v) is 18.3. The molecule has 0 unspecified atom stereocenters. The number of hydrogen-bond donors (Lipinski definition) is 3. The van der Waals surface area contributed by atoms with Crippen LogP contribution in [0.15, 0.2) is 36.7 Å². The number of H-pyrrole nitrogens is 1. The Morgan fingerprint density at radius 1 is 1.28 bits per heavy atom. The Bertz CT molecular complexity index is 1310. The molecule has 5 rings (SSSR count). The first-order valence-corrected chi connectivity index (χ1v) is 10.7. The number of hydrogen-bond acceptors (Lipinski definition) is 7. The SMILES string of the molecule is CCC(=O)N[C@]1(C)C[C@@H](Nc2nc(OC)c3c(-c4ccc5nnccc5c4)c[nH]c3n2)C1. The van der Waals surface area contributed by atoms with Crippen molar-refractivity contribution in [1.82, 2.24) is 30.5 Å². The van der Waals surface area contributed by atoms with E-state index in [1.807, 2.05) is 31.3 Å². The maximum Gasteiger partial charge on any atom is 0.228 e. The number of carbonyl (C=O) groups is 1. The van der Waals surface area contributed by atoms with Crippen LogP contribution < -0.4 is 15.4 Å². The number of aromatic amines is 1. The van der Waals surface area contributed by atoms with Gasteiger partial charge in [-0.25, -0.2) is 0 Å². The standard InChI is InChI=1S/C23H25N7O2/c1-4-18(31)29-23(2)10-15(11-23)26-22-27-20-19(21(28-22)32-3)16(12-24-20)13-5-6-17-14(9-13)7-8-25-30-17/h5-9,12,15H,4,10-11H2,1-3H3,(H,29,31)(H2,24,26,27,28)/t15-,23-. The molecule has 9 nitrogen and oxygen atoms in total. The molecule has 0 spiro atoms. The van der Waals surface area contributed by atoms with Crippen molar-refractivity contribution in [3.8, 4) is 17.0 Å². The number of anilines is 1. The van der Waals surface area contributed by atoms with Gasteiger partial charge in [-0.05, 0) is 43.5 Å². The second-order valence-corrected chi connectivity index (χ2v) is 8.50. The number of methoxy groups -OCH3 is 1. The molecule has 1 aliphatic rings. The molecule has 0 bridgehead atoms. The average molecular weight is 432 g/mol. The molecule has 0 radical (unpaired) electrons. The summed E-state index contributed by atoms with van der Waals surface area (Å²) in [5.41, 5.74) is 3.33. The maximum absolute atomic E-state index is 11.7. The lowest BCUT2D eigenvalue weighted by Gasteiger charge is -2.45. The lowest BCUT2D eigenvalue weighted by atomic mass is 9.74. The fourth-order valence-corrected chi connectivity index (χ4v) is 4.44. The Morgan fingerprint density at radius 3 is 2.91 bits per heavy atom. The molecule has 1 saturated carbocycles. The molecule has 9 heteroatoms. The van der Waals surface area contributed by atoms with Crippen LogP contribution >= 0.6 is 0 Å². The summed E-state index contributed by atoms with van der Waals surface area (Å²) >= 11 is 0. The topological polar surface area (TPSA) is 118 Å². The van der Waals surface area contributed by atoms with Crippen molar-refractivity contribution in [2.75, 3.05) is 12.4 Å². The second-order valence-electron chi connectivity index (χ2n) is 8.50. The van der Waals surface area contributed by atoms with Crippen LogP contribution in [-0.4, -0.2) is 49.7 Å². The third-order valence-electron chi connectivity index (χ3n) is 6.01. The van der Waals surface area contributed by atoms with Crippen LogP contribution in [0.4, 0.5) is 5.95 Å². The molecule has 1 fully saturated rings. The number of nitrogens with one attached hydrogen (secondary N) is 3. The van der Waals surface area contributed by atoms with Crippen LogP contribution in [0.2, 0.25) is 0 Å². The molecule has 32 heavy (non-hydrogen) atoms. The van der Waals surface area contributed by atoms with Crippen LogP contribution in [0.3, 0.4) is 0 Å². The molecule has 0 atom stereocenters. The predicted octanol–water partition coefficient (Wildman–Crippen LogP) is 3.44. The van der Waals surface area contributed by atoms with Crippen LogP contribution in [0, 0.1) is 0 Å². The Labute approximate surface area is 185 Å². The van der Waals surface area contributed by atoms with Gasteiger partial charge in [0, 0.05) is 35.1 Å². The minimum absolute atomic E-state index is 0.0740. The van der Waals surface area contributed by atoms with Gasteiger partial charge >= 0.3 is 0 Å². The lowest BCUT2D eigenvalue weighted by molar-refractivity contribution is -0.123. The predicted molar refractivity (Wildman–Crippen MR) is 122 cm³/mol. The van der Waals surface area contributed by atoms with Gasteiger partial charge in [0.2, 0.25) is 17.7 Å². The zero-order chi connectivity index (χ0) is 22.3. The van der Waals surface area contributed by atoms with Gasteiger partial charge < -0.3 is 20.4 Å². The quantitative estimate of drug-likeness (QED) is 0.428. The number of rotatable bonds is 6. The van der Waals surface area contributed by atoms with Crippen molar-refractivity contribution >= 4 is 33.8 Å². The fourth-order valence-electron chi connectivity index (χ4n) is 4.44. The van der Waals surface area contributed by atoms with Crippen molar-refractivity contribution in [3.05, 3.63) is 36.7 Å².